The van der Waals surface area contributed by atoms with Gasteiger partial charge in [-0.15, -0.1) is 0 Å². The molecule has 1 aromatic carbocycles. The van der Waals surface area contributed by atoms with E-state index >= 15 is 0 Å². The number of ether oxygens (including phenoxy) is 1. The van der Waals surface area contributed by atoms with Crippen molar-refractivity contribution in [2.24, 2.45) is 0 Å². The largest absolute Gasteiger partial charge is 0.478 e. The van der Waals surface area contributed by atoms with Crippen molar-refractivity contribution >= 4 is 23.3 Å². The van der Waals surface area contributed by atoms with Crippen LogP contribution < -0.4 is 10.1 Å². The Morgan fingerprint density at radius 3 is 2.59 bits per heavy atom. The Hall–Kier alpha value is -2.74. The number of fused-ring (bicyclic) bond motifs is 1. The van der Waals surface area contributed by atoms with Crippen molar-refractivity contribution in [1.29, 1.82) is 0 Å². The van der Waals surface area contributed by atoms with Crippen LogP contribution in [0.15, 0.2) is 41.7 Å². The maximum absolute atomic E-state index is 13.4. The second kappa shape index (κ2) is 7.59. The number of anilines is 1. The lowest BCUT2D eigenvalue weighted by Gasteiger charge is -2.31. The summed E-state index contributed by atoms with van der Waals surface area (Å²) in [6.45, 7) is 5.08. The lowest BCUT2D eigenvalue weighted by Crippen LogP contribution is -2.25. The van der Waals surface area contributed by atoms with Gasteiger partial charge in [-0.05, 0) is 38.5 Å². The number of carboxylic acids is 1. The van der Waals surface area contributed by atoms with E-state index in [1.807, 2.05) is 0 Å². The first-order valence-corrected chi connectivity index (χ1v) is 9.12. The number of rotatable bonds is 4. The molecule has 1 unspecified atom stereocenters. The van der Waals surface area contributed by atoms with Gasteiger partial charge in [0.15, 0.2) is 0 Å². The van der Waals surface area contributed by atoms with Crippen molar-refractivity contribution in [3.05, 3.63) is 63.4 Å². The third-order valence-corrected chi connectivity index (χ3v) is 4.90. The van der Waals surface area contributed by atoms with Crippen LogP contribution in [-0.2, 0) is 11.0 Å². The van der Waals surface area contributed by atoms with Crippen LogP contribution in [0.25, 0.3) is 0 Å². The molecule has 0 amide bonds. The van der Waals surface area contributed by atoms with Crippen molar-refractivity contribution in [2.45, 2.75) is 39.0 Å². The molecule has 2 N–H and O–H groups in total. The van der Waals surface area contributed by atoms with Gasteiger partial charge < -0.3 is 15.2 Å². The fourth-order valence-electron chi connectivity index (χ4n) is 3.38. The molecule has 0 aliphatic carbocycles. The van der Waals surface area contributed by atoms with E-state index in [1.165, 1.54) is 18.3 Å². The van der Waals surface area contributed by atoms with Crippen LogP contribution in [0.3, 0.4) is 0 Å². The van der Waals surface area contributed by atoms with Gasteiger partial charge >= 0.3 is 12.1 Å². The summed E-state index contributed by atoms with van der Waals surface area (Å²) >= 11 is 6.15. The Labute approximate surface area is 170 Å². The average molecular weight is 427 g/mol. The van der Waals surface area contributed by atoms with Crippen LogP contribution in [0.2, 0.25) is 5.02 Å². The molecule has 29 heavy (non-hydrogen) atoms. The van der Waals surface area contributed by atoms with E-state index in [2.05, 4.69) is 10.3 Å². The minimum Gasteiger partial charge on any atom is -0.478 e. The lowest BCUT2D eigenvalue weighted by molar-refractivity contribution is -0.137. The highest BCUT2D eigenvalue weighted by Crippen LogP contribution is 2.49. The second-order valence-corrected chi connectivity index (χ2v) is 7.23. The van der Waals surface area contributed by atoms with Gasteiger partial charge in [0, 0.05) is 17.6 Å². The molecule has 5 nitrogen and oxygen atoms in total. The zero-order chi connectivity index (χ0) is 21.5. The first-order chi connectivity index (χ1) is 13.5. The van der Waals surface area contributed by atoms with Gasteiger partial charge in [0.25, 0.3) is 0 Å². The van der Waals surface area contributed by atoms with E-state index < -0.39 is 28.6 Å². The van der Waals surface area contributed by atoms with Crippen LogP contribution >= 0.6 is 11.6 Å². The van der Waals surface area contributed by atoms with Crippen LogP contribution in [0, 0.1) is 0 Å². The maximum Gasteiger partial charge on any atom is 0.417 e. The number of pyridine rings is 1. The highest BCUT2D eigenvalue weighted by molar-refractivity contribution is 6.32. The Bertz CT molecular complexity index is 1000. The number of allylic oxidation sites excluding steroid dienone is 1. The molecule has 9 heteroatoms. The number of carbonyl (C=O) groups is 1. The first kappa shape index (κ1) is 21.0. The molecule has 0 radical (unpaired) electrons. The molecule has 0 bridgehead atoms. The first-order valence-electron chi connectivity index (χ1n) is 8.74. The maximum atomic E-state index is 13.4. The summed E-state index contributed by atoms with van der Waals surface area (Å²) in [5, 5.41) is 12.3. The fourth-order valence-corrected chi connectivity index (χ4v) is 3.72. The smallest absolute Gasteiger partial charge is 0.417 e. The van der Waals surface area contributed by atoms with Gasteiger partial charge in [0.2, 0.25) is 5.88 Å². The highest BCUT2D eigenvalue weighted by atomic mass is 35.5. The van der Waals surface area contributed by atoms with Crippen LogP contribution in [0.1, 0.15) is 43.4 Å². The van der Waals surface area contributed by atoms with Crippen LogP contribution in [-0.4, -0.2) is 22.2 Å². The monoisotopic (exact) mass is 426 g/mol. The molecular weight excluding hydrogens is 409 g/mol. The van der Waals surface area contributed by atoms with Gasteiger partial charge in [-0.1, -0.05) is 23.7 Å². The Morgan fingerprint density at radius 2 is 2.00 bits per heavy atom. The summed E-state index contributed by atoms with van der Waals surface area (Å²) in [6.07, 6.45) is -3.49. The summed E-state index contributed by atoms with van der Waals surface area (Å²) in [5.74, 6) is -2.24. The molecule has 0 saturated carbocycles. The quantitative estimate of drug-likeness (QED) is 0.679. The highest BCUT2D eigenvalue weighted by Gasteiger charge is 2.40. The Kier molecular flexibility index (Phi) is 5.49. The van der Waals surface area contributed by atoms with Gasteiger partial charge in [0.05, 0.1) is 33.7 Å². The predicted octanol–water partition coefficient (Wildman–Crippen LogP) is 5.46. The summed E-state index contributed by atoms with van der Waals surface area (Å²) in [5.41, 5.74) is -0.0236. The molecule has 1 aromatic heterocycles. The van der Waals surface area contributed by atoms with Crippen molar-refractivity contribution in [3.8, 4) is 5.88 Å². The number of aromatic nitrogens is 1. The third kappa shape index (κ3) is 3.89. The molecule has 1 aliphatic rings. The van der Waals surface area contributed by atoms with Crippen LogP contribution in [0.4, 0.5) is 18.9 Å². The van der Waals surface area contributed by atoms with Crippen molar-refractivity contribution < 1.29 is 27.8 Å². The number of halogens is 4. The van der Waals surface area contributed by atoms with Crippen molar-refractivity contribution in [3.63, 3.8) is 0 Å². The molecule has 3 rings (SSSR count). The summed E-state index contributed by atoms with van der Waals surface area (Å²) in [6, 6.07) is 5.07. The molecule has 1 atom stereocenters. The standard InChI is InChI=1S/C20H18ClF3N2O3/c1-9(2)29-18-16-13(7-8-25-18)26-10(3)14(19(27)28)15(16)11-5-4-6-12(17(11)21)20(22,23)24/h4-9,15,26H,1-3H3,(H,27,28). The molecule has 2 aromatic rings. The summed E-state index contributed by atoms with van der Waals surface area (Å²) < 4.78 is 46.0. The van der Waals surface area contributed by atoms with Crippen molar-refractivity contribution in [1.82, 2.24) is 4.98 Å². The minimum atomic E-state index is -4.68. The molecule has 154 valence electrons. The molecule has 1 aliphatic heterocycles. The number of alkyl halides is 3. The fraction of sp³-hybridized carbons (Fsp3) is 0.300. The predicted molar refractivity (Wildman–Crippen MR) is 102 cm³/mol. The number of carboxylic acid groups (broad SMARTS) is 1. The number of hydrogen-bond donors (Lipinski definition) is 2. The second-order valence-electron chi connectivity index (χ2n) is 6.85. The number of nitrogens with one attached hydrogen (secondary N) is 1. The number of hydrogen-bond acceptors (Lipinski definition) is 4. The van der Waals surface area contributed by atoms with E-state index in [-0.39, 0.29) is 23.1 Å². The average Bonchev–Trinajstić information content (AvgIpc) is 2.59. The zero-order valence-electron chi connectivity index (χ0n) is 15.8. The minimum absolute atomic E-state index is 0.0163. The Morgan fingerprint density at radius 1 is 1.31 bits per heavy atom. The van der Waals surface area contributed by atoms with E-state index in [0.717, 1.165) is 6.07 Å². The molecule has 2 heterocycles. The van der Waals surface area contributed by atoms with E-state index in [4.69, 9.17) is 16.3 Å². The number of benzene rings is 1. The SMILES string of the molecule is CC1=C(C(=O)O)C(c2cccc(C(F)(F)F)c2Cl)c2c(ccnc2OC(C)C)N1. The van der Waals surface area contributed by atoms with Gasteiger partial charge in [0.1, 0.15) is 0 Å². The van der Waals surface area contributed by atoms with Crippen molar-refractivity contribution in [2.75, 3.05) is 5.32 Å². The van der Waals surface area contributed by atoms with E-state index in [9.17, 15) is 23.1 Å². The van der Waals surface area contributed by atoms with Crippen LogP contribution in [0.5, 0.6) is 5.88 Å². The number of aliphatic carboxylic acids is 1. The molecule has 0 fully saturated rings. The van der Waals surface area contributed by atoms with E-state index in [1.54, 1.807) is 26.8 Å². The summed E-state index contributed by atoms with van der Waals surface area (Å²) in [7, 11) is 0. The topological polar surface area (TPSA) is 71.5 Å². The normalized spacial score (nSPS) is 16.5. The molecular formula is C20H18ClF3N2O3. The Balaban J connectivity index is 2.34. The zero-order valence-corrected chi connectivity index (χ0v) is 16.5. The molecule has 0 spiro atoms. The summed E-state index contributed by atoms with van der Waals surface area (Å²) in [4.78, 5) is 16.2. The lowest BCUT2D eigenvalue weighted by atomic mass is 9.80. The van der Waals surface area contributed by atoms with Gasteiger partial charge in [-0.3, -0.25) is 0 Å². The number of nitrogens with zero attached hydrogens (tertiary/aromatic N) is 1. The van der Waals surface area contributed by atoms with Gasteiger partial charge in [-0.2, -0.15) is 13.2 Å². The third-order valence-electron chi connectivity index (χ3n) is 4.48. The molecule has 0 saturated heterocycles. The van der Waals surface area contributed by atoms with E-state index in [0.29, 0.717) is 16.9 Å². The van der Waals surface area contributed by atoms with Gasteiger partial charge in [-0.25, -0.2) is 9.78 Å².